The molecule has 1 saturated carbocycles. The number of imidazole rings is 1. The number of fused-ring (bicyclic) bond motifs is 1. The Morgan fingerprint density at radius 2 is 2.06 bits per heavy atom. The van der Waals surface area contributed by atoms with Gasteiger partial charge in [0.15, 0.2) is 5.65 Å². The van der Waals surface area contributed by atoms with E-state index >= 15 is 0 Å². The van der Waals surface area contributed by atoms with Crippen LogP contribution in [0.3, 0.4) is 0 Å². The number of aryl methyl sites for hydroxylation is 1. The first-order valence-electron chi connectivity index (χ1n) is 6.28. The monoisotopic (exact) mass is 230 g/mol. The van der Waals surface area contributed by atoms with E-state index in [9.17, 15) is 0 Å². The SMILES string of the molecule is Cn1c(C2CCC(N)CC2)nc2cccnc21. The zero-order valence-electron chi connectivity index (χ0n) is 10.1. The highest BCUT2D eigenvalue weighted by Gasteiger charge is 2.24. The summed E-state index contributed by atoms with van der Waals surface area (Å²) in [7, 11) is 2.06. The summed E-state index contributed by atoms with van der Waals surface area (Å²) in [6.45, 7) is 0. The summed E-state index contributed by atoms with van der Waals surface area (Å²) in [5.74, 6) is 1.72. The van der Waals surface area contributed by atoms with Gasteiger partial charge in [0.2, 0.25) is 0 Å². The van der Waals surface area contributed by atoms with Crippen molar-refractivity contribution in [3.63, 3.8) is 0 Å². The maximum Gasteiger partial charge on any atom is 0.159 e. The molecule has 2 N–H and O–H groups in total. The molecule has 2 heterocycles. The minimum absolute atomic E-state index is 0.388. The highest BCUT2D eigenvalue weighted by Crippen LogP contribution is 2.32. The van der Waals surface area contributed by atoms with Crippen LogP contribution in [0.4, 0.5) is 0 Å². The molecule has 0 aliphatic heterocycles. The molecule has 0 aromatic carbocycles. The van der Waals surface area contributed by atoms with Crippen LogP contribution in [0.25, 0.3) is 11.2 Å². The van der Waals surface area contributed by atoms with Crippen molar-refractivity contribution in [2.75, 3.05) is 0 Å². The smallest absolute Gasteiger partial charge is 0.159 e. The first kappa shape index (κ1) is 10.7. The first-order valence-corrected chi connectivity index (χ1v) is 6.28. The van der Waals surface area contributed by atoms with Crippen LogP contribution in [0.2, 0.25) is 0 Å². The average molecular weight is 230 g/mol. The molecule has 1 aliphatic carbocycles. The van der Waals surface area contributed by atoms with Crippen LogP contribution in [-0.4, -0.2) is 20.6 Å². The molecule has 3 rings (SSSR count). The van der Waals surface area contributed by atoms with Crippen molar-refractivity contribution in [2.45, 2.75) is 37.6 Å². The Labute approximate surface area is 101 Å². The van der Waals surface area contributed by atoms with Crippen molar-refractivity contribution < 1.29 is 0 Å². The zero-order chi connectivity index (χ0) is 11.8. The van der Waals surface area contributed by atoms with Crippen LogP contribution in [0.5, 0.6) is 0 Å². The predicted octanol–water partition coefficient (Wildman–Crippen LogP) is 1.95. The lowest BCUT2D eigenvalue weighted by molar-refractivity contribution is 0.380. The van der Waals surface area contributed by atoms with E-state index in [1.54, 1.807) is 0 Å². The highest BCUT2D eigenvalue weighted by atomic mass is 15.1. The average Bonchev–Trinajstić information content (AvgIpc) is 2.69. The van der Waals surface area contributed by atoms with E-state index in [4.69, 9.17) is 10.7 Å². The summed E-state index contributed by atoms with van der Waals surface area (Å²) >= 11 is 0. The standard InChI is InChI=1S/C13H18N4/c1-17-12(9-4-6-10(14)7-5-9)16-11-3-2-8-15-13(11)17/h2-3,8-10H,4-7,14H2,1H3. The van der Waals surface area contributed by atoms with E-state index in [0.29, 0.717) is 12.0 Å². The van der Waals surface area contributed by atoms with Gasteiger partial charge in [0.05, 0.1) is 0 Å². The molecule has 0 bridgehead atoms. The van der Waals surface area contributed by atoms with E-state index in [0.717, 1.165) is 36.8 Å². The Balaban J connectivity index is 1.97. The van der Waals surface area contributed by atoms with Gasteiger partial charge in [-0.2, -0.15) is 0 Å². The lowest BCUT2D eigenvalue weighted by Gasteiger charge is -2.25. The minimum atomic E-state index is 0.388. The Hall–Kier alpha value is -1.42. The Kier molecular flexibility index (Phi) is 2.59. The van der Waals surface area contributed by atoms with Crippen LogP contribution in [0.15, 0.2) is 18.3 Å². The summed E-state index contributed by atoms with van der Waals surface area (Å²) in [4.78, 5) is 9.11. The predicted molar refractivity (Wildman–Crippen MR) is 67.7 cm³/mol. The van der Waals surface area contributed by atoms with Gasteiger partial charge in [-0.05, 0) is 37.8 Å². The third-order valence-corrected chi connectivity index (χ3v) is 3.80. The van der Waals surface area contributed by atoms with Crippen LogP contribution in [0.1, 0.15) is 37.4 Å². The topological polar surface area (TPSA) is 56.7 Å². The van der Waals surface area contributed by atoms with Crippen molar-refractivity contribution in [1.82, 2.24) is 14.5 Å². The number of hydrogen-bond acceptors (Lipinski definition) is 3. The van der Waals surface area contributed by atoms with Crippen molar-refractivity contribution >= 4 is 11.2 Å². The molecular formula is C13H18N4. The molecule has 4 heteroatoms. The lowest BCUT2D eigenvalue weighted by Crippen LogP contribution is -2.26. The molecule has 90 valence electrons. The molecule has 0 radical (unpaired) electrons. The van der Waals surface area contributed by atoms with Gasteiger partial charge in [0.25, 0.3) is 0 Å². The summed E-state index contributed by atoms with van der Waals surface area (Å²) in [6, 6.07) is 4.36. The van der Waals surface area contributed by atoms with Crippen LogP contribution >= 0.6 is 0 Å². The van der Waals surface area contributed by atoms with Crippen LogP contribution < -0.4 is 5.73 Å². The molecule has 2 aromatic rings. The maximum atomic E-state index is 5.95. The normalized spacial score (nSPS) is 25.3. The minimum Gasteiger partial charge on any atom is -0.328 e. The number of hydrogen-bond donors (Lipinski definition) is 1. The molecule has 0 saturated heterocycles. The summed E-state index contributed by atoms with van der Waals surface area (Å²) < 4.78 is 2.14. The molecule has 4 nitrogen and oxygen atoms in total. The fourth-order valence-corrected chi connectivity index (χ4v) is 2.78. The zero-order valence-corrected chi connectivity index (χ0v) is 10.1. The van der Waals surface area contributed by atoms with E-state index in [1.165, 1.54) is 5.82 Å². The third-order valence-electron chi connectivity index (χ3n) is 3.80. The van der Waals surface area contributed by atoms with Crippen molar-refractivity contribution in [3.05, 3.63) is 24.2 Å². The second-order valence-corrected chi connectivity index (χ2v) is 4.99. The van der Waals surface area contributed by atoms with Gasteiger partial charge in [-0.15, -0.1) is 0 Å². The van der Waals surface area contributed by atoms with Gasteiger partial charge < -0.3 is 10.3 Å². The van der Waals surface area contributed by atoms with E-state index in [1.807, 2.05) is 18.3 Å². The van der Waals surface area contributed by atoms with Crippen molar-refractivity contribution in [1.29, 1.82) is 0 Å². The summed E-state index contributed by atoms with van der Waals surface area (Å²) in [6.07, 6.45) is 6.35. The van der Waals surface area contributed by atoms with E-state index in [-0.39, 0.29) is 0 Å². The second kappa shape index (κ2) is 4.11. The van der Waals surface area contributed by atoms with Gasteiger partial charge in [0.1, 0.15) is 11.3 Å². The molecule has 1 aliphatic rings. The number of pyridine rings is 1. The fraction of sp³-hybridized carbons (Fsp3) is 0.538. The molecule has 0 spiro atoms. The molecule has 0 unspecified atom stereocenters. The van der Waals surface area contributed by atoms with Crippen LogP contribution in [0, 0.1) is 0 Å². The molecule has 0 amide bonds. The molecular weight excluding hydrogens is 212 g/mol. The Morgan fingerprint density at radius 1 is 1.29 bits per heavy atom. The number of rotatable bonds is 1. The highest BCUT2D eigenvalue weighted by molar-refractivity contribution is 5.71. The van der Waals surface area contributed by atoms with Crippen molar-refractivity contribution in [2.24, 2.45) is 12.8 Å². The Bertz CT molecular complexity index is 523. The maximum absolute atomic E-state index is 5.95. The largest absolute Gasteiger partial charge is 0.328 e. The number of nitrogens with two attached hydrogens (primary N) is 1. The van der Waals surface area contributed by atoms with Gasteiger partial charge in [0, 0.05) is 25.2 Å². The van der Waals surface area contributed by atoms with Gasteiger partial charge in [-0.3, -0.25) is 0 Å². The quantitative estimate of drug-likeness (QED) is 0.814. The lowest BCUT2D eigenvalue weighted by atomic mass is 9.86. The van der Waals surface area contributed by atoms with Crippen LogP contribution in [-0.2, 0) is 7.05 Å². The third kappa shape index (κ3) is 1.82. The Morgan fingerprint density at radius 3 is 2.76 bits per heavy atom. The second-order valence-electron chi connectivity index (χ2n) is 4.99. The molecule has 2 aromatic heterocycles. The first-order chi connectivity index (χ1) is 8.25. The molecule has 1 fully saturated rings. The van der Waals surface area contributed by atoms with Gasteiger partial charge >= 0.3 is 0 Å². The van der Waals surface area contributed by atoms with Gasteiger partial charge in [-0.1, -0.05) is 0 Å². The summed E-state index contributed by atoms with van der Waals surface area (Å²) in [5, 5.41) is 0. The molecule has 0 atom stereocenters. The van der Waals surface area contributed by atoms with E-state index in [2.05, 4.69) is 16.6 Å². The summed E-state index contributed by atoms with van der Waals surface area (Å²) in [5.41, 5.74) is 7.93. The van der Waals surface area contributed by atoms with Crippen molar-refractivity contribution in [3.8, 4) is 0 Å². The van der Waals surface area contributed by atoms with Gasteiger partial charge in [-0.25, -0.2) is 9.97 Å². The molecule has 17 heavy (non-hydrogen) atoms. The number of aromatic nitrogens is 3. The van der Waals surface area contributed by atoms with E-state index < -0.39 is 0 Å². The fourth-order valence-electron chi connectivity index (χ4n) is 2.78. The number of nitrogens with zero attached hydrogens (tertiary/aromatic N) is 3.